The van der Waals surface area contributed by atoms with Crippen molar-refractivity contribution in [1.82, 2.24) is 4.90 Å². The van der Waals surface area contributed by atoms with Gasteiger partial charge in [-0.1, -0.05) is 17.7 Å². The topological polar surface area (TPSA) is 49.4 Å². The van der Waals surface area contributed by atoms with Crippen molar-refractivity contribution < 1.29 is 23.7 Å². The van der Waals surface area contributed by atoms with E-state index in [0.29, 0.717) is 11.6 Å². The van der Waals surface area contributed by atoms with Gasteiger partial charge in [-0.05, 0) is 78.4 Å². The lowest BCUT2D eigenvalue weighted by Gasteiger charge is -2.46. The number of hydrogen-bond acceptors (Lipinski definition) is 6. The molecule has 3 aromatic carbocycles. The molecule has 0 aromatic heterocycles. The highest BCUT2D eigenvalue weighted by atomic mass is 35.5. The molecule has 0 fully saturated rings. The van der Waals surface area contributed by atoms with Crippen molar-refractivity contribution in [2.24, 2.45) is 0 Å². The largest absolute Gasteiger partial charge is 0.494 e. The van der Waals surface area contributed by atoms with E-state index in [9.17, 15) is 0 Å². The molecule has 2 unspecified atom stereocenters. The first-order valence-electron chi connectivity index (χ1n) is 12.4. The van der Waals surface area contributed by atoms with Gasteiger partial charge in [0, 0.05) is 35.6 Å². The van der Waals surface area contributed by atoms with E-state index in [4.69, 9.17) is 35.3 Å². The smallest absolute Gasteiger partial charge is 0.231 e. The molecule has 3 aliphatic rings. The molecular formula is C29H30ClNO5. The van der Waals surface area contributed by atoms with Crippen LogP contribution >= 0.6 is 11.6 Å². The molecule has 0 N–H and O–H groups in total. The summed E-state index contributed by atoms with van der Waals surface area (Å²) in [6.45, 7) is 2.74. The van der Waals surface area contributed by atoms with Crippen LogP contribution in [-0.4, -0.2) is 39.1 Å². The number of rotatable bonds is 7. The molecule has 3 heterocycles. The first-order valence-corrected chi connectivity index (χ1v) is 12.8. The van der Waals surface area contributed by atoms with Crippen LogP contribution in [0.1, 0.15) is 47.1 Å². The standard InChI is InChI=1S/C29H30ClNO5/c1-32-25-10-9-21-22(4-3-13-34-20-7-5-19(30)6-8-20)28-23-15-27-26(35-17-36-27)14-18(23)11-12-31(28)16-24(21)29(25)33-2/h5-10,14-15,22,28H,3-4,11-13,16-17H2,1-2H3. The molecular weight excluding hydrogens is 478 g/mol. The monoisotopic (exact) mass is 507 g/mol. The van der Waals surface area contributed by atoms with Crippen molar-refractivity contribution in [2.45, 2.75) is 37.8 Å². The zero-order valence-corrected chi connectivity index (χ0v) is 21.3. The Kier molecular flexibility index (Phi) is 6.32. The summed E-state index contributed by atoms with van der Waals surface area (Å²) in [5, 5.41) is 0.711. The van der Waals surface area contributed by atoms with Crippen LogP contribution in [0.15, 0.2) is 48.5 Å². The Bertz CT molecular complexity index is 1260. The van der Waals surface area contributed by atoms with Crippen molar-refractivity contribution in [2.75, 3.05) is 34.2 Å². The maximum Gasteiger partial charge on any atom is 0.231 e. The summed E-state index contributed by atoms with van der Waals surface area (Å²) in [5.74, 6) is 4.44. The number of benzene rings is 3. The summed E-state index contributed by atoms with van der Waals surface area (Å²) in [5.41, 5.74) is 5.24. The number of methoxy groups -OCH3 is 2. The van der Waals surface area contributed by atoms with E-state index in [2.05, 4.69) is 23.1 Å². The van der Waals surface area contributed by atoms with Crippen molar-refractivity contribution in [1.29, 1.82) is 0 Å². The Morgan fingerprint density at radius 3 is 2.56 bits per heavy atom. The zero-order valence-electron chi connectivity index (χ0n) is 20.6. The lowest BCUT2D eigenvalue weighted by atomic mass is 9.74. The van der Waals surface area contributed by atoms with Gasteiger partial charge in [-0.2, -0.15) is 0 Å². The summed E-state index contributed by atoms with van der Waals surface area (Å²) in [7, 11) is 3.42. The average molecular weight is 508 g/mol. The predicted molar refractivity (Wildman–Crippen MR) is 138 cm³/mol. The van der Waals surface area contributed by atoms with Crippen molar-refractivity contribution in [3.63, 3.8) is 0 Å². The molecule has 0 spiro atoms. The van der Waals surface area contributed by atoms with Gasteiger partial charge in [0.25, 0.3) is 0 Å². The predicted octanol–water partition coefficient (Wildman–Crippen LogP) is 6.14. The van der Waals surface area contributed by atoms with E-state index >= 15 is 0 Å². The molecule has 6 nitrogen and oxygen atoms in total. The third-order valence-corrected chi connectivity index (χ3v) is 7.84. The second-order valence-electron chi connectivity index (χ2n) is 9.49. The summed E-state index contributed by atoms with van der Waals surface area (Å²) < 4.78 is 29.0. The lowest BCUT2D eigenvalue weighted by Crippen LogP contribution is -2.42. The van der Waals surface area contributed by atoms with E-state index < -0.39 is 0 Å². The average Bonchev–Trinajstić information content (AvgIpc) is 3.36. The van der Waals surface area contributed by atoms with Crippen LogP contribution in [0.4, 0.5) is 0 Å². The molecule has 3 aromatic rings. The zero-order chi connectivity index (χ0) is 24.6. The Hall–Kier alpha value is -3.09. The fraction of sp³-hybridized carbons (Fsp3) is 0.379. The van der Waals surface area contributed by atoms with E-state index in [-0.39, 0.29) is 18.8 Å². The second-order valence-corrected chi connectivity index (χ2v) is 9.93. The normalized spacial score (nSPS) is 19.8. The van der Waals surface area contributed by atoms with Crippen LogP contribution in [0.5, 0.6) is 28.7 Å². The van der Waals surface area contributed by atoms with Crippen LogP contribution in [0, 0.1) is 0 Å². The number of fused-ring (bicyclic) bond motifs is 5. The molecule has 2 atom stereocenters. The maximum atomic E-state index is 6.03. The third-order valence-electron chi connectivity index (χ3n) is 7.58. The molecule has 36 heavy (non-hydrogen) atoms. The highest BCUT2D eigenvalue weighted by Gasteiger charge is 2.41. The number of hydrogen-bond donors (Lipinski definition) is 0. The molecule has 0 aliphatic carbocycles. The fourth-order valence-corrected chi connectivity index (χ4v) is 6.09. The maximum absolute atomic E-state index is 6.03. The Balaban J connectivity index is 1.33. The summed E-state index contributed by atoms with van der Waals surface area (Å²) in [6, 6.07) is 16.4. The highest BCUT2D eigenvalue weighted by Crippen LogP contribution is 2.53. The van der Waals surface area contributed by atoms with Gasteiger partial charge in [-0.15, -0.1) is 0 Å². The van der Waals surface area contributed by atoms with Gasteiger partial charge in [0.2, 0.25) is 6.79 Å². The quantitative estimate of drug-likeness (QED) is 0.358. The molecule has 0 saturated heterocycles. The van der Waals surface area contributed by atoms with Crippen LogP contribution in [0.25, 0.3) is 0 Å². The van der Waals surface area contributed by atoms with Crippen molar-refractivity contribution in [3.8, 4) is 28.7 Å². The van der Waals surface area contributed by atoms with Gasteiger partial charge in [-0.3, -0.25) is 4.90 Å². The van der Waals surface area contributed by atoms with Gasteiger partial charge < -0.3 is 23.7 Å². The van der Waals surface area contributed by atoms with Crippen molar-refractivity contribution >= 4 is 11.6 Å². The van der Waals surface area contributed by atoms with Gasteiger partial charge in [0.05, 0.1) is 20.8 Å². The molecule has 188 valence electrons. The van der Waals surface area contributed by atoms with E-state index in [1.54, 1.807) is 14.2 Å². The van der Waals surface area contributed by atoms with Gasteiger partial charge in [0.15, 0.2) is 23.0 Å². The summed E-state index contributed by atoms with van der Waals surface area (Å²) in [6.07, 6.45) is 2.88. The van der Waals surface area contributed by atoms with Crippen molar-refractivity contribution in [3.05, 3.63) is 75.8 Å². The van der Waals surface area contributed by atoms with E-state index in [1.807, 2.05) is 30.3 Å². The number of halogens is 1. The Labute approximate surface area is 216 Å². The molecule has 6 rings (SSSR count). The first-order chi connectivity index (χ1) is 17.7. The Morgan fingerprint density at radius 1 is 0.972 bits per heavy atom. The van der Waals surface area contributed by atoms with E-state index in [1.165, 1.54) is 22.3 Å². The van der Waals surface area contributed by atoms with E-state index in [0.717, 1.165) is 61.1 Å². The SMILES string of the molecule is COc1ccc2c(c1OC)CN1CCc3cc4c(cc3C1C2CCCOc1ccc(Cl)cc1)OCO4. The number of nitrogens with zero attached hydrogens (tertiary/aromatic N) is 1. The molecule has 0 saturated carbocycles. The summed E-state index contributed by atoms with van der Waals surface area (Å²) >= 11 is 6.01. The fourth-order valence-electron chi connectivity index (χ4n) is 5.97. The van der Waals surface area contributed by atoms with Crippen LogP contribution in [0.2, 0.25) is 5.02 Å². The third kappa shape index (κ3) is 4.12. The van der Waals surface area contributed by atoms with Gasteiger partial charge >= 0.3 is 0 Å². The lowest BCUT2D eigenvalue weighted by molar-refractivity contribution is 0.124. The van der Waals surface area contributed by atoms with Crippen LogP contribution in [0.3, 0.4) is 0 Å². The van der Waals surface area contributed by atoms with Gasteiger partial charge in [-0.25, -0.2) is 0 Å². The molecule has 0 radical (unpaired) electrons. The molecule has 7 heteroatoms. The minimum Gasteiger partial charge on any atom is -0.494 e. The minimum absolute atomic E-state index is 0.254. The molecule has 0 bridgehead atoms. The summed E-state index contributed by atoms with van der Waals surface area (Å²) in [4.78, 5) is 2.58. The molecule has 3 aliphatic heterocycles. The number of ether oxygens (including phenoxy) is 5. The van der Waals surface area contributed by atoms with Crippen LogP contribution in [-0.2, 0) is 13.0 Å². The Morgan fingerprint density at radius 2 is 1.78 bits per heavy atom. The van der Waals surface area contributed by atoms with Crippen LogP contribution < -0.4 is 23.7 Å². The van der Waals surface area contributed by atoms with Gasteiger partial charge in [0.1, 0.15) is 5.75 Å². The minimum atomic E-state index is 0.254. The highest BCUT2D eigenvalue weighted by molar-refractivity contribution is 6.30. The first kappa shape index (κ1) is 23.3. The second kappa shape index (κ2) is 9.75. The molecule has 0 amide bonds.